The fourth-order valence-corrected chi connectivity index (χ4v) is 2.39. The molecule has 2 rings (SSSR count). The van der Waals surface area contributed by atoms with Gasteiger partial charge in [0, 0.05) is 18.6 Å². The Morgan fingerprint density at radius 2 is 2.14 bits per heavy atom. The van der Waals surface area contributed by atoms with Crippen LogP contribution in [0.3, 0.4) is 0 Å². The molecular formula is C15H15ClN2O4. The molecule has 7 heteroatoms. The second-order valence-electron chi connectivity index (χ2n) is 4.85. The van der Waals surface area contributed by atoms with E-state index in [0.717, 1.165) is 11.1 Å². The van der Waals surface area contributed by atoms with Crippen molar-refractivity contribution in [2.24, 2.45) is 0 Å². The van der Waals surface area contributed by atoms with Crippen LogP contribution in [0.15, 0.2) is 41.8 Å². The van der Waals surface area contributed by atoms with E-state index in [1.807, 2.05) is 6.07 Å². The van der Waals surface area contributed by atoms with Crippen LogP contribution in [0.2, 0.25) is 5.02 Å². The third-order valence-corrected chi connectivity index (χ3v) is 3.39. The molecule has 1 amide bonds. The van der Waals surface area contributed by atoms with E-state index >= 15 is 0 Å². The number of benzene rings is 1. The summed E-state index contributed by atoms with van der Waals surface area (Å²) < 4.78 is 0. The maximum Gasteiger partial charge on any atom is 0.322 e. The van der Waals surface area contributed by atoms with Crippen molar-refractivity contribution in [1.29, 1.82) is 0 Å². The molecule has 1 aliphatic heterocycles. The predicted molar refractivity (Wildman–Crippen MR) is 82.4 cm³/mol. The van der Waals surface area contributed by atoms with Gasteiger partial charge in [-0.3, -0.25) is 9.59 Å². The molecule has 3 N–H and O–H groups in total. The Balaban J connectivity index is 2.28. The van der Waals surface area contributed by atoms with Gasteiger partial charge >= 0.3 is 5.97 Å². The molecule has 1 aromatic rings. The molecule has 0 atom stereocenters. The van der Waals surface area contributed by atoms with Crippen molar-refractivity contribution in [2.45, 2.75) is 0 Å². The van der Waals surface area contributed by atoms with Gasteiger partial charge in [-0.1, -0.05) is 23.7 Å². The average molecular weight is 323 g/mol. The second kappa shape index (κ2) is 6.53. The van der Waals surface area contributed by atoms with Crippen molar-refractivity contribution in [2.75, 3.05) is 20.1 Å². The van der Waals surface area contributed by atoms with Crippen LogP contribution in [-0.4, -0.2) is 47.1 Å². The second-order valence-corrected chi connectivity index (χ2v) is 5.28. The maximum absolute atomic E-state index is 11.9. The normalized spacial score (nSPS) is 14.6. The number of carbonyl (C=O) groups is 2. The zero-order chi connectivity index (χ0) is 16.3. The molecule has 0 fully saturated rings. The van der Waals surface area contributed by atoms with Gasteiger partial charge in [-0.15, -0.1) is 0 Å². The molecule has 0 spiro atoms. The number of carboxylic acid groups (broad SMARTS) is 1. The van der Waals surface area contributed by atoms with E-state index in [4.69, 9.17) is 16.7 Å². The lowest BCUT2D eigenvalue weighted by molar-refractivity contribution is -0.137. The van der Waals surface area contributed by atoms with Gasteiger partial charge in [-0.25, -0.2) is 0 Å². The smallest absolute Gasteiger partial charge is 0.322 e. The van der Waals surface area contributed by atoms with Gasteiger partial charge < -0.3 is 20.4 Å². The number of nitrogens with zero attached hydrogens (tertiary/aromatic N) is 1. The van der Waals surface area contributed by atoms with Crippen LogP contribution in [0, 0.1) is 0 Å². The first-order chi connectivity index (χ1) is 10.4. The minimum Gasteiger partial charge on any atom is -0.506 e. The Morgan fingerprint density at radius 1 is 1.41 bits per heavy atom. The molecule has 0 unspecified atom stereocenters. The molecule has 1 heterocycles. The van der Waals surface area contributed by atoms with Gasteiger partial charge in [-0.05, 0) is 29.3 Å². The summed E-state index contributed by atoms with van der Waals surface area (Å²) >= 11 is 5.95. The minimum atomic E-state index is -1.15. The van der Waals surface area contributed by atoms with Crippen LogP contribution < -0.4 is 5.32 Å². The molecule has 1 aliphatic rings. The van der Waals surface area contributed by atoms with Crippen LogP contribution in [0.1, 0.15) is 5.56 Å². The number of aliphatic hydroxyl groups is 1. The largest absolute Gasteiger partial charge is 0.506 e. The highest BCUT2D eigenvalue weighted by atomic mass is 35.5. The van der Waals surface area contributed by atoms with Crippen molar-refractivity contribution in [3.05, 3.63) is 52.4 Å². The van der Waals surface area contributed by atoms with Gasteiger partial charge in [0.1, 0.15) is 18.0 Å². The van der Waals surface area contributed by atoms with Crippen molar-refractivity contribution in [1.82, 2.24) is 10.2 Å². The minimum absolute atomic E-state index is 0.0343. The molecule has 0 radical (unpaired) electrons. The van der Waals surface area contributed by atoms with Gasteiger partial charge in [0.25, 0.3) is 5.91 Å². The van der Waals surface area contributed by atoms with Gasteiger partial charge in [-0.2, -0.15) is 0 Å². The number of aliphatic carboxylic acids is 1. The number of nitrogens with one attached hydrogen (secondary N) is 1. The lowest BCUT2D eigenvalue weighted by Gasteiger charge is -2.27. The Labute approximate surface area is 132 Å². The number of rotatable bonds is 4. The van der Waals surface area contributed by atoms with E-state index in [-0.39, 0.29) is 11.5 Å². The molecule has 116 valence electrons. The third-order valence-electron chi connectivity index (χ3n) is 3.15. The Hall–Kier alpha value is -2.47. The molecule has 0 bridgehead atoms. The number of halogens is 1. The molecule has 0 saturated heterocycles. The predicted octanol–water partition coefficient (Wildman–Crippen LogP) is 1.64. The number of likely N-dealkylation sites (N-methyl/N-ethyl adjacent to an activating group) is 1. The quantitative estimate of drug-likeness (QED) is 0.784. The van der Waals surface area contributed by atoms with E-state index in [2.05, 4.69) is 5.32 Å². The highest BCUT2D eigenvalue weighted by molar-refractivity contribution is 6.30. The third kappa shape index (κ3) is 3.59. The van der Waals surface area contributed by atoms with Crippen LogP contribution in [0.4, 0.5) is 0 Å². The summed E-state index contributed by atoms with van der Waals surface area (Å²) in [6.45, 7) is -0.117. The lowest BCUT2D eigenvalue weighted by atomic mass is 10.0. The molecular weight excluding hydrogens is 308 g/mol. The van der Waals surface area contributed by atoms with Gasteiger partial charge in [0.2, 0.25) is 0 Å². The van der Waals surface area contributed by atoms with E-state index in [9.17, 15) is 14.7 Å². The number of carboxylic acids is 1. The van der Waals surface area contributed by atoms with Crippen molar-refractivity contribution < 1.29 is 19.8 Å². The number of allylic oxidation sites excluding steroid dienone is 1. The number of aliphatic hydroxyl groups excluding tert-OH is 1. The summed E-state index contributed by atoms with van der Waals surface area (Å²) in [5.41, 5.74) is 1.68. The van der Waals surface area contributed by atoms with E-state index in [1.54, 1.807) is 30.1 Å². The zero-order valence-corrected chi connectivity index (χ0v) is 12.6. The number of hydrogen-bond acceptors (Lipinski definition) is 4. The summed E-state index contributed by atoms with van der Waals surface area (Å²) in [6.07, 6.45) is 1.49. The fourth-order valence-electron chi connectivity index (χ4n) is 2.20. The highest BCUT2D eigenvalue weighted by Gasteiger charge is 2.24. The van der Waals surface area contributed by atoms with Crippen LogP contribution in [-0.2, 0) is 9.59 Å². The molecule has 0 aliphatic carbocycles. The van der Waals surface area contributed by atoms with Crippen molar-refractivity contribution in [3.63, 3.8) is 0 Å². The molecule has 0 saturated carbocycles. The first-order valence-corrected chi connectivity index (χ1v) is 6.87. The van der Waals surface area contributed by atoms with Crippen LogP contribution >= 0.6 is 11.6 Å². The van der Waals surface area contributed by atoms with Gasteiger partial charge in [0.15, 0.2) is 0 Å². The summed E-state index contributed by atoms with van der Waals surface area (Å²) in [6, 6.07) is 7.17. The summed E-state index contributed by atoms with van der Waals surface area (Å²) in [5.74, 6) is -2.00. The van der Waals surface area contributed by atoms with Crippen molar-refractivity contribution in [3.8, 4) is 0 Å². The number of hydrogen-bond donors (Lipinski definition) is 3. The van der Waals surface area contributed by atoms with E-state index in [0.29, 0.717) is 11.6 Å². The Bertz CT molecular complexity index is 682. The van der Waals surface area contributed by atoms with Crippen LogP contribution in [0.25, 0.3) is 5.57 Å². The lowest BCUT2D eigenvalue weighted by Crippen LogP contribution is -2.38. The zero-order valence-electron chi connectivity index (χ0n) is 11.8. The maximum atomic E-state index is 11.9. The van der Waals surface area contributed by atoms with E-state index in [1.165, 1.54) is 6.08 Å². The Kier molecular flexibility index (Phi) is 4.72. The monoisotopic (exact) mass is 322 g/mol. The molecule has 0 aromatic heterocycles. The topological polar surface area (TPSA) is 89.9 Å². The fraction of sp³-hybridized carbons (Fsp3) is 0.200. The standard InChI is InChI=1S/C15H15ClN2O4/c1-18-8-10(9-3-2-4-11(16)5-9)6-12(19)14(18)15(22)17-7-13(20)21/h2-6,19H,7-8H2,1H3,(H,17,22)(H,20,21). The molecule has 22 heavy (non-hydrogen) atoms. The SMILES string of the molecule is CN1CC(c2cccc(Cl)c2)=CC(O)=C1C(=O)NCC(=O)O. The number of carbonyl (C=O) groups excluding carboxylic acids is 1. The molecule has 1 aromatic carbocycles. The first kappa shape index (κ1) is 15.9. The highest BCUT2D eigenvalue weighted by Crippen LogP contribution is 2.26. The van der Waals surface area contributed by atoms with Crippen LogP contribution in [0.5, 0.6) is 0 Å². The first-order valence-electron chi connectivity index (χ1n) is 6.49. The summed E-state index contributed by atoms with van der Waals surface area (Å²) in [4.78, 5) is 24.0. The Morgan fingerprint density at radius 3 is 2.73 bits per heavy atom. The van der Waals surface area contributed by atoms with Gasteiger partial charge in [0.05, 0.1) is 0 Å². The van der Waals surface area contributed by atoms with E-state index < -0.39 is 18.4 Å². The van der Waals surface area contributed by atoms with Crippen molar-refractivity contribution >= 4 is 29.1 Å². The average Bonchev–Trinajstić information content (AvgIpc) is 2.44. The summed E-state index contributed by atoms with van der Waals surface area (Å²) in [7, 11) is 1.64. The summed E-state index contributed by atoms with van der Waals surface area (Å²) in [5, 5.41) is 21.5. The number of amides is 1. The molecule has 6 nitrogen and oxygen atoms in total.